The van der Waals surface area contributed by atoms with E-state index in [1.54, 1.807) is 18.2 Å². The molecule has 3 N–H and O–H groups in total. The third-order valence-electron chi connectivity index (χ3n) is 2.82. The summed E-state index contributed by atoms with van der Waals surface area (Å²) in [6, 6.07) is 6.03. The van der Waals surface area contributed by atoms with E-state index in [-0.39, 0.29) is 5.69 Å². The van der Waals surface area contributed by atoms with Gasteiger partial charge in [-0.05, 0) is 12.1 Å². The molecule has 0 aliphatic heterocycles. The summed E-state index contributed by atoms with van der Waals surface area (Å²) in [5.74, 6) is 0.396. The van der Waals surface area contributed by atoms with Crippen molar-refractivity contribution in [1.29, 1.82) is 0 Å². The second-order valence-corrected chi connectivity index (χ2v) is 4.31. The van der Waals surface area contributed by atoms with Crippen molar-refractivity contribution in [1.82, 2.24) is 15.4 Å². The summed E-state index contributed by atoms with van der Waals surface area (Å²) < 4.78 is 10.3. The minimum atomic E-state index is -0.775. The average Bonchev–Trinajstić information content (AvgIpc) is 2.54. The highest BCUT2D eigenvalue weighted by Crippen LogP contribution is 2.22. The van der Waals surface area contributed by atoms with Gasteiger partial charge < -0.3 is 14.5 Å². The van der Waals surface area contributed by atoms with Gasteiger partial charge in [-0.1, -0.05) is 0 Å². The fourth-order valence-electron chi connectivity index (χ4n) is 1.74. The molecular formula is C14H14N4O5. The number of carbonyl (C=O) groups is 1. The van der Waals surface area contributed by atoms with Crippen LogP contribution >= 0.6 is 0 Å². The molecule has 0 saturated heterocycles. The minimum absolute atomic E-state index is 0.197. The molecule has 0 aliphatic rings. The van der Waals surface area contributed by atoms with E-state index < -0.39 is 17.2 Å². The van der Waals surface area contributed by atoms with E-state index in [2.05, 4.69) is 15.5 Å². The van der Waals surface area contributed by atoms with E-state index in [1.165, 1.54) is 20.4 Å². The highest BCUT2D eigenvalue weighted by atomic mass is 16.5. The fraction of sp³-hybridized carbons (Fsp3) is 0.143. The number of nitrogens with zero attached hydrogens (tertiary/aromatic N) is 1. The fourth-order valence-corrected chi connectivity index (χ4v) is 1.74. The number of rotatable bonds is 5. The van der Waals surface area contributed by atoms with Crippen LogP contribution < -0.4 is 26.1 Å². The summed E-state index contributed by atoms with van der Waals surface area (Å²) in [4.78, 5) is 38.2. The lowest BCUT2D eigenvalue weighted by Gasteiger charge is -2.06. The minimum Gasteiger partial charge on any atom is -0.497 e. The molecule has 0 radical (unpaired) electrons. The molecule has 9 nitrogen and oxygen atoms in total. The van der Waals surface area contributed by atoms with Crippen molar-refractivity contribution in [3.63, 3.8) is 0 Å². The van der Waals surface area contributed by atoms with Crippen molar-refractivity contribution in [2.45, 2.75) is 0 Å². The van der Waals surface area contributed by atoms with E-state index in [1.807, 2.05) is 4.98 Å². The third kappa shape index (κ3) is 4.06. The highest BCUT2D eigenvalue weighted by Gasteiger charge is 2.07. The topological polar surface area (TPSA) is 126 Å². The number of ether oxygens (including phenoxy) is 2. The van der Waals surface area contributed by atoms with Gasteiger partial charge in [0.25, 0.3) is 11.5 Å². The number of methoxy groups -OCH3 is 2. The second kappa shape index (κ2) is 7.07. The summed E-state index contributed by atoms with van der Waals surface area (Å²) in [5.41, 5.74) is 1.16. The molecule has 0 bridgehead atoms. The summed E-state index contributed by atoms with van der Waals surface area (Å²) in [6.07, 6.45) is 1.36. The zero-order valence-electron chi connectivity index (χ0n) is 12.4. The van der Waals surface area contributed by atoms with Gasteiger partial charge in [0.15, 0.2) is 0 Å². The van der Waals surface area contributed by atoms with E-state index >= 15 is 0 Å². The van der Waals surface area contributed by atoms with Crippen LogP contribution in [0.15, 0.2) is 39.0 Å². The van der Waals surface area contributed by atoms with Gasteiger partial charge >= 0.3 is 5.69 Å². The Hall–Kier alpha value is -3.36. The van der Waals surface area contributed by atoms with Crippen molar-refractivity contribution >= 4 is 12.1 Å². The number of hydrazone groups is 1. The van der Waals surface area contributed by atoms with Crippen molar-refractivity contribution < 1.29 is 14.3 Å². The molecule has 0 unspecified atom stereocenters. The zero-order valence-corrected chi connectivity index (χ0v) is 12.4. The summed E-state index contributed by atoms with van der Waals surface area (Å²) in [7, 11) is 3.02. The SMILES string of the molecule is COc1ccc(C=NNC(=O)c2cc(=O)[nH]c(=O)[nH]2)c(OC)c1. The molecule has 0 atom stereocenters. The maximum Gasteiger partial charge on any atom is 0.326 e. The van der Waals surface area contributed by atoms with Crippen LogP contribution in [-0.4, -0.2) is 36.3 Å². The van der Waals surface area contributed by atoms with Gasteiger partial charge in [-0.25, -0.2) is 10.2 Å². The third-order valence-corrected chi connectivity index (χ3v) is 2.82. The standard InChI is InChI=1S/C14H14N4O5/c1-22-9-4-3-8(11(5-9)23-2)7-15-18-13(20)10-6-12(19)17-14(21)16-10/h3-7H,1-2H3,(H,18,20)(H2,16,17,19,21). The maximum absolute atomic E-state index is 11.8. The van der Waals surface area contributed by atoms with Gasteiger partial charge in [-0.15, -0.1) is 0 Å². The van der Waals surface area contributed by atoms with E-state index in [0.29, 0.717) is 17.1 Å². The number of benzene rings is 1. The Morgan fingerprint density at radius 2 is 1.96 bits per heavy atom. The lowest BCUT2D eigenvalue weighted by Crippen LogP contribution is -2.28. The number of nitrogens with one attached hydrogen (secondary N) is 3. The molecule has 0 saturated carbocycles. The molecule has 0 aliphatic carbocycles. The van der Waals surface area contributed by atoms with Gasteiger partial charge in [0.2, 0.25) is 0 Å². The number of amides is 1. The Morgan fingerprint density at radius 3 is 2.61 bits per heavy atom. The molecule has 1 heterocycles. The average molecular weight is 318 g/mol. The predicted molar refractivity (Wildman–Crippen MR) is 82.3 cm³/mol. The molecule has 120 valence electrons. The van der Waals surface area contributed by atoms with E-state index in [0.717, 1.165) is 6.07 Å². The molecule has 2 aromatic rings. The van der Waals surface area contributed by atoms with Crippen LogP contribution in [0.4, 0.5) is 0 Å². The Morgan fingerprint density at radius 1 is 1.17 bits per heavy atom. The van der Waals surface area contributed by atoms with E-state index in [4.69, 9.17) is 9.47 Å². The number of H-pyrrole nitrogens is 2. The van der Waals surface area contributed by atoms with Crippen LogP contribution in [0.25, 0.3) is 0 Å². The molecule has 0 fully saturated rings. The summed E-state index contributed by atoms with van der Waals surface area (Å²) >= 11 is 0. The normalized spacial score (nSPS) is 10.5. The number of aromatic amines is 2. The van der Waals surface area contributed by atoms with Crippen molar-refractivity contribution in [2.24, 2.45) is 5.10 Å². The molecule has 2 rings (SSSR count). The lowest BCUT2D eigenvalue weighted by atomic mass is 10.2. The number of carbonyl (C=O) groups excluding carboxylic acids is 1. The molecule has 9 heteroatoms. The summed E-state index contributed by atoms with van der Waals surface area (Å²) in [6.45, 7) is 0. The maximum atomic E-state index is 11.8. The van der Waals surface area contributed by atoms with Gasteiger partial charge in [-0.3, -0.25) is 14.6 Å². The first-order valence-electron chi connectivity index (χ1n) is 6.42. The Kier molecular flexibility index (Phi) is 4.92. The Labute approximate surface area is 130 Å². The largest absolute Gasteiger partial charge is 0.497 e. The van der Waals surface area contributed by atoms with Gasteiger partial charge in [0, 0.05) is 17.7 Å². The Bertz CT molecular complexity index is 824. The molecule has 23 heavy (non-hydrogen) atoms. The van der Waals surface area contributed by atoms with Crippen LogP contribution in [0.5, 0.6) is 11.5 Å². The molecule has 1 amide bonds. The first-order chi connectivity index (χ1) is 11.0. The van der Waals surface area contributed by atoms with Gasteiger partial charge in [0.1, 0.15) is 17.2 Å². The first-order valence-corrected chi connectivity index (χ1v) is 6.42. The number of aromatic nitrogens is 2. The number of hydrogen-bond donors (Lipinski definition) is 3. The van der Waals surface area contributed by atoms with Crippen molar-refractivity contribution in [2.75, 3.05) is 14.2 Å². The molecule has 0 spiro atoms. The van der Waals surface area contributed by atoms with Crippen LogP contribution in [0.1, 0.15) is 16.1 Å². The van der Waals surface area contributed by atoms with Crippen LogP contribution in [0.3, 0.4) is 0 Å². The van der Waals surface area contributed by atoms with Crippen molar-refractivity contribution in [3.05, 3.63) is 56.4 Å². The highest BCUT2D eigenvalue weighted by molar-refractivity contribution is 5.93. The van der Waals surface area contributed by atoms with Crippen molar-refractivity contribution in [3.8, 4) is 11.5 Å². The van der Waals surface area contributed by atoms with E-state index in [9.17, 15) is 14.4 Å². The molecule has 1 aromatic carbocycles. The van der Waals surface area contributed by atoms with Crippen LogP contribution in [-0.2, 0) is 0 Å². The summed E-state index contributed by atoms with van der Waals surface area (Å²) in [5, 5.41) is 3.76. The quantitative estimate of drug-likeness (QED) is 0.522. The number of hydrogen-bond acceptors (Lipinski definition) is 6. The molecular weight excluding hydrogens is 304 g/mol. The van der Waals surface area contributed by atoms with Gasteiger partial charge in [-0.2, -0.15) is 5.10 Å². The monoisotopic (exact) mass is 318 g/mol. The Balaban J connectivity index is 2.13. The smallest absolute Gasteiger partial charge is 0.326 e. The lowest BCUT2D eigenvalue weighted by molar-refractivity contribution is 0.0949. The zero-order chi connectivity index (χ0) is 16.8. The van der Waals surface area contributed by atoms with Crippen LogP contribution in [0.2, 0.25) is 0 Å². The van der Waals surface area contributed by atoms with Crippen LogP contribution in [0, 0.1) is 0 Å². The first kappa shape index (κ1) is 16.0. The molecule has 1 aromatic heterocycles. The van der Waals surface area contributed by atoms with Gasteiger partial charge in [0.05, 0.1) is 20.4 Å². The second-order valence-electron chi connectivity index (χ2n) is 4.31. The predicted octanol–water partition coefficient (Wildman–Crippen LogP) is -0.156.